The van der Waals surface area contributed by atoms with E-state index in [1.807, 2.05) is 0 Å². The van der Waals surface area contributed by atoms with Crippen molar-refractivity contribution in [3.63, 3.8) is 0 Å². The van der Waals surface area contributed by atoms with Crippen LogP contribution in [0.1, 0.15) is 32.6 Å². The fraction of sp³-hybridized carbons (Fsp3) is 0.571. The average molecular weight is 352 g/mol. The van der Waals surface area contributed by atoms with Gasteiger partial charge in [0.25, 0.3) is 0 Å². The highest BCUT2D eigenvalue weighted by Crippen LogP contribution is 2.34. The lowest BCUT2D eigenvalue weighted by Crippen LogP contribution is -2.30. The third kappa shape index (κ3) is 4.30. The van der Waals surface area contributed by atoms with E-state index in [1.54, 1.807) is 12.1 Å². The summed E-state index contributed by atoms with van der Waals surface area (Å²) < 4.78 is 40.8. The van der Waals surface area contributed by atoms with Crippen LogP contribution in [-0.2, 0) is 0 Å². The van der Waals surface area contributed by atoms with Crippen LogP contribution in [0.2, 0.25) is 0 Å². The van der Waals surface area contributed by atoms with Gasteiger partial charge in [-0.25, -0.2) is 0 Å². The fourth-order valence-corrected chi connectivity index (χ4v) is 3.00. The molecule has 112 valence electrons. The Labute approximate surface area is 124 Å². The zero-order valence-electron chi connectivity index (χ0n) is 11.1. The number of hydrogen-bond donors (Lipinski definition) is 1. The molecule has 6 heteroatoms. The molecular weight excluding hydrogens is 335 g/mol. The predicted molar refractivity (Wildman–Crippen MR) is 75.9 cm³/mol. The minimum Gasteiger partial charge on any atom is -0.405 e. The van der Waals surface area contributed by atoms with E-state index in [-0.39, 0.29) is 5.75 Å². The van der Waals surface area contributed by atoms with Gasteiger partial charge in [-0.15, -0.1) is 13.2 Å². The molecule has 0 aliphatic heterocycles. The van der Waals surface area contributed by atoms with Crippen LogP contribution in [0.4, 0.5) is 18.9 Å². The van der Waals surface area contributed by atoms with Crippen molar-refractivity contribution in [2.45, 2.75) is 45.0 Å². The Balaban J connectivity index is 2.05. The molecule has 1 N–H and O–H groups in total. The third-order valence-electron chi connectivity index (χ3n) is 3.62. The van der Waals surface area contributed by atoms with E-state index < -0.39 is 6.36 Å². The summed E-state index contributed by atoms with van der Waals surface area (Å²) in [6.45, 7) is 2.20. The summed E-state index contributed by atoms with van der Waals surface area (Å²) >= 11 is 3.11. The monoisotopic (exact) mass is 351 g/mol. The first kappa shape index (κ1) is 15.5. The number of rotatable bonds is 3. The van der Waals surface area contributed by atoms with Crippen LogP contribution in [0.25, 0.3) is 0 Å². The number of benzene rings is 1. The Morgan fingerprint density at radius 3 is 2.55 bits per heavy atom. The number of hydrogen-bond acceptors (Lipinski definition) is 2. The SMILES string of the molecule is CC1CCCCC1Nc1ccc(OC(F)(F)F)c(Br)c1. The molecule has 1 aromatic rings. The Morgan fingerprint density at radius 1 is 1.25 bits per heavy atom. The molecule has 1 fully saturated rings. The molecule has 1 aliphatic carbocycles. The van der Waals surface area contributed by atoms with Crippen molar-refractivity contribution < 1.29 is 17.9 Å². The van der Waals surface area contributed by atoms with Gasteiger partial charge in [-0.05, 0) is 52.9 Å². The molecule has 2 atom stereocenters. The number of alkyl halides is 3. The topological polar surface area (TPSA) is 21.3 Å². The van der Waals surface area contributed by atoms with Gasteiger partial charge in [-0.3, -0.25) is 0 Å². The van der Waals surface area contributed by atoms with Crippen molar-refractivity contribution in [2.24, 2.45) is 5.92 Å². The third-order valence-corrected chi connectivity index (χ3v) is 4.24. The normalized spacial score (nSPS) is 23.4. The molecule has 1 saturated carbocycles. The minimum atomic E-state index is -4.67. The van der Waals surface area contributed by atoms with Gasteiger partial charge in [0.1, 0.15) is 5.75 Å². The summed E-state index contributed by atoms with van der Waals surface area (Å²) in [7, 11) is 0. The van der Waals surface area contributed by atoms with E-state index in [0.717, 1.165) is 12.1 Å². The molecule has 2 rings (SSSR count). The Kier molecular flexibility index (Phi) is 4.83. The number of halogens is 4. The molecule has 0 amide bonds. The van der Waals surface area contributed by atoms with Gasteiger partial charge >= 0.3 is 6.36 Å². The van der Waals surface area contributed by atoms with Crippen molar-refractivity contribution >= 4 is 21.6 Å². The van der Waals surface area contributed by atoms with Crippen LogP contribution < -0.4 is 10.1 Å². The Morgan fingerprint density at radius 2 is 1.95 bits per heavy atom. The number of anilines is 1. The van der Waals surface area contributed by atoms with Gasteiger partial charge in [0.05, 0.1) is 4.47 Å². The standard InChI is InChI=1S/C14H17BrF3NO/c1-9-4-2-3-5-12(9)19-10-6-7-13(11(15)8-10)20-14(16,17)18/h6-9,12,19H,2-5H2,1H3. The van der Waals surface area contributed by atoms with Crippen LogP contribution in [-0.4, -0.2) is 12.4 Å². The predicted octanol–water partition coefficient (Wildman–Crippen LogP) is 5.34. The summed E-state index contributed by atoms with van der Waals surface area (Å²) in [4.78, 5) is 0. The summed E-state index contributed by atoms with van der Waals surface area (Å²) in [6.07, 6.45) is 0.0584. The van der Waals surface area contributed by atoms with E-state index in [9.17, 15) is 13.2 Å². The van der Waals surface area contributed by atoms with Crippen LogP contribution in [0.15, 0.2) is 22.7 Å². The maximum atomic E-state index is 12.2. The van der Waals surface area contributed by atoms with Crippen molar-refractivity contribution in [3.8, 4) is 5.75 Å². The van der Waals surface area contributed by atoms with E-state index in [2.05, 4.69) is 32.9 Å². The first-order valence-corrected chi connectivity index (χ1v) is 7.46. The Bertz CT molecular complexity index is 464. The second-order valence-corrected chi connectivity index (χ2v) is 6.06. The maximum absolute atomic E-state index is 12.2. The molecule has 0 spiro atoms. The van der Waals surface area contributed by atoms with Gasteiger partial charge in [-0.2, -0.15) is 0 Å². The lowest BCUT2D eigenvalue weighted by Gasteiger charge is -2.30. The molecule has 0 heterocycles. The summed E-state index contributed by atoms with van der Waals surface area (Å²) in [5.74, 6) is 0.355. The molecule has 0 bridgehead atoms. The molecule has 2 unspecified atom stereocenters. The fourth-order valence-electron chi connectivity index (χ4n) is 2.54. The van der Waals surface area contributed by atoms with Gasteiger partial charge in [0.2, 0.25) is 0 Å². The summed E-state index contributed by atoms with van der Waals surface area (Å²) in [5.41, 5.74) is 0.810. The number of nitrogens with one attached hydrogen (secondary N) is 1. The smallest absolute Gasteiger partial charge is 0.405 e. The van der Waals surface area contributed by atoms with E-state index >= 15 is 0 Å². The van der Waals surface area contributed by atoms with Gasteiger partial charge < -0.3 is 10.1 Å². The second-order valence-electron chi connectivity index (χ2n) is 5.21. The molecule has 0 radical (unpaired) electrons. The highest BCUT2D eigenvalue weighted by molar-refractivity contribution is 9.10. The molecule has 1 aromatic carbocycles. The van der Waals surface area contributed by atoms with Gasteiger partial charge in [0.15, 0.2) is 0 Å². The lowest BCUT2D eigenvalue weighted by molar-refractivity contribution is -0.274. The minimum absolute atomic E-state index is 0.222. The van der Waals surface area contributed by atoms with Crippen molar-refractivity contribution in [2.75, 3.05) is 5.32 Å². The van der Waals surface area contributed by atoms with Crippen molar-refractivity contribution in [3.05, 3.63) is 22.7 Å². The number of ether oxygens (including phenoxy) is 1. The molecule has 20 heavy (non-hydrogen) atoms. The quantitative estimate of drug-likeness (QED) is 0.793. The maximum Gasteiger partial charge on any atom is 0.573 e. The molecule has 0 saturated heterocycles. The largest absolute Gasteiger partial charge is 0.573 e. The van der Waals surface area contributed by atoms with Crippen LogP contribution in [0.5, 0.6) is 5.75 Å². The first-order chi connectivity index (χ1) is 9.35. The Hall–Kier alpha value is -0.910. The van der Waals surface area contributed by atoms with E-state index in [4.69, 9.17) is 0 Å². The molecule has 0 aromatic heterocycles. The zero-order chi connectivity index (χ0) is 14.8. The van der Waals surface area contributed by atoms with Gasteiger partial charge in [0, 0.05) is 11.7 Å². The highest BCUT2D eigenvalue weighted by atomic mass is 79.9. The summed E-state index contributed by atoms with van der Waals surface area (Å²) in [6, 6.07) is 4.95. The highest BCUT2D eigenvalue weighted by Gasteiger charge is 2.32. The molecule has 2 nitrogen and oxygen atoms in total. The summed E-state index contributed by atoms with van der Waals surface area (Å²) in [5, 5.41) is 3.39. The lowest BCUT2D eigenvalue weighted by atomic mass is 9.86. The van der Waals surface area contributed by atoms with Crippen LogP contribution in [0.3, 0.4) is 0 Å². The first-order valence-electron chi connectivity index (χ1n) is 6.67. The average Bonchev–Trinajstić information content (AvgIpc) is 2.34. The van der Waals surface area contributed by atoms with Crippen LogP contribution in [0, 0.1) is 5.92 Å². The van der Waals surface area contributed by atoms with Crippen molar-refractivity contribution in [1.29, 1.82) is 0 Å². The zero-order valence-corrected chi connectivity index (χ0v) is 12.7. The van der Waals surface area contributed by atoms with Crippen molar-refractivity contribution in [1.82, 2.24) is 0 Å². The van der Waals surface area contributed by atoms with E-state index in [0.29, 0.717) is 16.4 Å². The molecular formula is C14H17BrF3NO. The van der Waals surface area contributed by atoms with E-state index in [1.165, 1.54) is 25.3 Å². The molecule has 1 aliphatic rings. The van der Waals surface area contributed by atoms with Crippen LogP contribution >= 0.6 is 15.9 Å². The van der Waals surface area contributed by atoms with Gasteiger partial charge in [-0.1, -0.05) is 19.8 Å². The second kappa shape index (κ2) is 6.24.